The van der Waals surface area contributed by atoms with E-state index in [0.717, 1.165) is 12.1 Å². The zero-order valence-electron chi connectivity index (χ0n) is 21.4. The van der Waals surface area contributed by atoms with Crippen molar-refractivity contribution in [2.75, 3.05) is 19.0 Å². The van der Waals surface area contributed by atoms with Gasteiger partial charge >= 0.3 is 6.18 Å². The fourth-order valence-corrected chi connectivity index (χ4v) is 5.18. The number of nitrogens with one attached hydrogen (secondary N) is 2. The Morgan fingerprint density at radius 1 is 1.07 bits per heavy atom. The Bertz CT molecular complexity index is 1510. The van der Waals surface area contributed by atoms with Crippen LogP contribution in [0, 0.1) is 0 Å². The first-order chi connectivity index (χ1) is 19.3. The van der Waals surface area contributed by atoms with Crippen molar-refractivity contribution in [2.45, 2.75) is 24.7 Å². The molecule has 1 amide bonds. The van der Waals surface area contributed by atoms with Crippen LogP contribution >= 0.6 is 12.2 Å². The van der Waals surface area contributed by atoms with Crippen molar-refractivity contribution in [2.24, 2.45) is 0 Å². The second-order valence-corrected chi connectivity index (χ2v) is 9.56. The number of pyridine rings is 1. The molecule has 2 aromatic carbocycles. The number of amides is 1. The van der Waals surface area contributed by atoms with E-state index in [-0.39, 0.29) is 18.9 Å². The number of rotatable bonds is 8. The zero-order valence-corrected chi connectivity index (χ0v) is 22.2. The van der Waals surface area contributed by atoms with Crippen LogP contribution in [-0.4, -0.2) is 39.1 Å². The average molecular weight is 566 g/mol. The van der Waals surface area contributed by atoms with Crippen molar-refractivity contribution in [1.82, 2.24) is 19.8 Å². The molecular formula is C29H26F3N5O2S. The molecule has 2 N–H and O–H groups in total. The van der Waals surface area contributed by atoms with Crippen LogP contribution in [0.3, 0.4) is 0 Å². The Morgan fingerprint density at radius 3 is 2.62 bits per heavy atom. The molecule has 0 spiro atoms. The number of methoxy groups -OCH3 is 1. The summed E-state index contributed by atoms with van der Waals surface area (Å²) >= 11 is 5.70. The summed E-state index contributed by atoms with van der Waals surface area (Å²) in [5.41, 5.74) is 1.59. The Morgan fingerprint density at radius 2 is 1.88 bits per heavy atom. The van der Waals surface area contributed by atoms with E-state index in [9.17, 15) is 18.0 Å². The summed E-state index contributed by atoms with van der Waals surface area (Å²) < 4.78 is 47.5. The first-order valence-electron chi connectivity index (χ1n) is 12.5. The third kappa shape index (κ3) is 5.64. The predicted octanol–water partition coefficient (Wildman–Crippen LogP) is 5.90. The van der Waals surface area contributed by atoms with Gasteiger partial charge in [-0.2, -0.15) is 13.2 Å². The molecule has 0 aliphatic carbocycles. The van der Waals surface area contributed by atoms with Gasteiger partial charge in [0.1, 0.15) is 5.75 Å². The minimum Gasteiger partial charge on any atom is -0.495 e. The molecule has 7 nitrogen and oxygen atoms in total. The molecule has 3 heterocycles. The van der Waals surface area contributed by atoms with E-state index >= 15 is 0 Å². The third-order valence-electron chi connectivity index (χ3n) is 6.69. The molecule has 0 bridgehead atoms. The molecule has 206 valence electrons. The van der Waals surface area contributed by atoms with Gasteiger partial charge in [0.25, 0.3) is 0 Å². The number of hydrogen-bond donors (Lipinski definition) is 2. The highest BCUT2D eigenvalue weighted by molar-refractivity contribution is 7.80. The van der Waals surface area contributed by atoms with Gasteiger partial charge in [-0.05, 0) is 66.8 Å². The molecule has 1 aliphatic rings. The molecule has 1 aliphatic heterocycles. The van der Waals surface area contributed by atoms with Gasteiger partial charge in [0, 0.05) is 36.7 Å². The maximum atomic E-state index is 13.5. The lowest BCUT2D eigenvalue weighted by molar-refractivity contribution is -0.137. The van der Waals surface area contributed by atoms with Gasteiger partial charge in [0.15, 0.2) is 5.11 Å². The third-order valence-corrected chi connectivity index (χ3v) is 7.05. The maximum Gasteiger partial charge on any atom is 0.416 e. The highest BCUT2D eigenvalue weighted by Gasteiger charge is 2.41. The number of carbonyl (C=O) groups excluding carboxylic acids is 1. The number of para-hydroxylation sites is 2. The number of carbonyl (C=O) groups is 1. The molecular weight excluding hydrogens is 539 g/mol. The molecule has 1 saturated heterocycles. The van der Waals surface area contributed by atoms with E-state index in [0.29, 0.717) is 33.6 Å². The van der Waals surface area contributed by atoms with E-state index in [1.165, 1.54) is 13.2 Å². The highest BCUT2D eigenvalue weighted by Crippen LogP contribution is 2.40. The number of aromatic nitrogens is 2. The highest BCUT2D eigenvalue weighted by atomic mass is 32.1. The number of nitrogens with zero attached hydrogens (tertiary/aromatic N) is 3. The fourth-order valence-electron chi connectivity index (χ4n) is 4.85. The minimum absolute atomic E-state index is 0.107. The van der Waals surface area contributed by atoms with E-state index in [1.54, 1.807) is 53.4 Å². The van der Waals surface area contributed by atoms with Gasteiger partial charge in [-0.25, -0.2) is 0 Å². The van der Waals surface area contributed by atoms with Gasteiger partial charge in [0.2, 0.25) is 5.91 Å². The van der Waals surface area contributed by atoms with Crippen molar-refractivity contribution >= 4 is 28.9 Å². The normalized spacial score (nSPS) is 17.0. The Balaban J connectivity index is 1.46. The quantitative estimate of drug-likeness (QED) is 0.259. The van der Waals surface area contributed by atoms with Crippen molar-refractivity contribution < 1.29 is 22.7 Å². The molecule has 4 aromatic rings. The number of thiocarbonyl (C=S) groups is 1. The molecule has 11 heteroatoms. The van der Waals surface area contributed by atoms with Crippen LogP contribution in [0.2, 0.25) is 0 Å². The van der Waals surface area contributed by atoms with Crippen molar-refractivity contribution in [1.29, 1.82) is 0 Å². The Labute approximate surface area is 234 Å². The van der Waals surface area contributed by atoms with Crippen LogP contribution in [0.25, 0.3) is 5.69 Å². The zero-order chi connectivity index (χ0) is 28.3. The van der Waals surface area contributed by atoms with Crippen LogP contribution in [0.1, 0.15) is 35.5 Å². The molecule has 2 atom stereocenters. The van der Waals surface area contributed by atoms with Gasteiger partial charge in [0.05, 0.1) is 36.1 Å². The van der Waals surface area contributed by atoms with E-state index < -0.39 is 23.8 Å². The lowest BCUT2D eigenvalue weighted by atomic mass is 10.0. The minimum atomic E-state index is -4.48. The first kappa shape index (κ1) is 27.2. The van der Waals surface area contributed by atoms with Crippen LogP contribution in [0.15, 0.2) is 91.3 Å². The number of anilines is 1. The van der Waals surface area contributed by atoms with Crippen molar-refractivity contribution in [3.05, 3.63) is 108 Å². The van der Waals surface area contributed by atoms with Crippen LogP contribution in [0.5, 0.6) is 5.75 Å². The number of benzene rings is 2. The smallest absolute Gasteiger partial charge is 0.416 e. The summed E-state index contributed by atoms with van der Waals surface area (Å²) in [7, 11) is 1.53. The summed E-state index contributed by atoms with van der Waals surface area (Å²) in [4.78, 5) is 19.3. The van der Waals surface area contributed by atoms with E-state index in [2.05, 4.69) is 15.6 Å². The summed E-state index contributed by atoms with van der Waals surface area (Å²) in [6.07, 6.45) is -0.979. The molecule has 0 radical (unpaired) electrons. The van der Waals surface area contributed by atoms with Crippen LogP contribution in [-0.2, 0) is 11.0 Å². The number of hydrogen-bond acceptors (Lipinski definition) is 4. The Hall–Kier alpha value is -4.38. The van der Waals surface area contributed by atoms with Gasteiger partial charge < -0.3 is 24.8 Å². The average Bonchev–Trinajstić information content (AvgIpc) is 3.56. The largest absolute Gasteiger partial charge is 0.495 e. The molecule has 0 unspecified atom stereocenters. The van der Waals surface area contributed by atoms with E-state index in [4.69, 9.17) is 17.0 Å². The monoisotopic (exact) mass is 565 g/mol. The van der Waals surface area contributed by atoms with E-state index in [1.807, 2.05) is 29.2 Å². The number of halogens is 3. The van der Waals surface area contributed by atoms with Gasteiger partial charge in [-0.15, -0.1) is 0 Å². The molecule has 5 rings (SSSR count). The predicted molar refractivity (Wildman–Crippen MR) is 149 cm³/mol. The van der Waals surface area contributed by atoms with Gasteiger partial charge in [-0.1, -0.05) is 24.3 Å². The molecule has 2 aromatic heterocycles. The van der Waals surface area contributed by atoms with Crippen LogP contribution in [0.4, 0.5) is 18.9 Å². The molecule has 40 heavy (non-hydrogen) atoms. The van der Waals surface area contributed by atoms with Gasteiger partial charge in [-0.3, -0.25) is 9.78 Å². The Kier molecular flexibility index (Phi) is 7.74. The summed E-state index contributed by atoms with van der Waals surface area (Å²) in [5, 5.41) is 6.61. The maximum absolute atomic E-state index is 13.5. The summed E-state index contributed by atoms with van der Waals surface area (Å²) in [6.45, 7) is 0.259. The molecule has 0 saturated carbocycles. The lowest BCUT2D eigenvalue weighted by Gasteiger charge is -2.29. The fraction of sp³-hybridized carbons (Fsp3) is 0.207. The topological polar surface area (TPSA) is 71.4 Å². The SMILES string of the molecule is COc1ccccc1NC(=O)CCN1C(=S)N[C@H](c2ccccn2)[C@H]1c1cccn1-c1cccc(C(F)(F)F)c1. The lowest BCUT2D eigenvalue weighted by Crippen LogP contribution is -2.33. The van der Waals surface area contributed by atoms with Crippen LogP contribution < -0.4 is 15.4 Å². The second kappa shape index (κ2) is 11.4. The summed E-state index contributed by atoms with van der Waals surface area (Å²) in [5.74, 6) is 0.307. The first-order valence-corrected chi connectivity index (χ1v) is 12.9. The summed E-state index contributed by atoms with van der Waals surface area (Å²) in [6, 6.07) is 20.6. The number of ether oxygens (including phenoxy) is 1. The standard InChI is InChI=1S/C29H26F3N5O2S/c1-39-24-13-3-2-10-21(24)34-25(38)14-17-37-27(26(35-28(37)40)22-11-4-5-15-33-22)23-12-7-16-36(23)20-9-6-8-19(18-20)29(30,31)32/h2-13,15-16,18,26-27H,14,17H2,1H3,(H,34,38)(H,35,40)/t26-,27-/m1/s1. The van der Waals surface area contributed by atoms with Crippen molar-refractivity contribution in [3.63, 3.8) is 0 Å². The second-order valence-electron chi connectivity index (χ2n) is 9.17. The number of alkyl halides is 3. The molecule has 1 fully saturated rings. The van der Waals surface area contributed by atoms with Crippen molar-refractivity contribution in [3.8, 4) is 11.4 Å².